The second-order valence-electron chi connectivity index (χ2n) is 8.19. The molecule has 14 heteroatoms. The maximum absolute atomic E-state index is 14.0. The van der Waals surface area contributed by atoms with Crippen molar-refractivity contribution >= 4 is 45.9 Å². The molecule has 0 unspecified atom stereocenters. The van der Waals surface area contributed by atoms with Gasteiger partial charge in [0, 0.05) is 17.0 Å². The van der Waals surface area contributed by atoms with Crippen LogP contribution in [-0.4, -0.2) is 32.5 Å². The summed E-state index contributed by atoms with van der Waals surface area (Å²) in [6.45, 7) is 1.13. The smallest absolute Gasteiger partial charge is 0.366 e. The number of aromatic nitrogens is 3. The molecule has 0 radical (unpaired) electrons. The first-order valence-corrected chi connectivity index (χ1v) is 11.1. The second kappa shape index (κ2) is 9.74. The number of anilines is 1. The van der Waals surface area contributed by atoms with Gasteiger partial charge < -0.3 is 16.8 Å². The van der Waals surface area contributed by atoms with E-state index >= 15 is 0 Å². The Kier molecular flexibility index (Phi) is 6.80. The first-order valence-electron chi connectivity index (χ1n) is 10.7. The van der Waals surface area contributed by atoms with Crippen molar-refractivity contribution in [1.82, 2.24) is 14.8 Å². The number of amides is 3. The number of primary amides is 2. The van der Waals surface area contributed by atoms with E-state index in [2.05, 4.69) is 15.4 Å². The zero-order valence-corrected chi connectivity index (χ0v) is 20.1. The van der Waals surface area contributed by atoms with E-state index < -0.39 is 46.8 Å². The van der Waals surface area contributed by atoms with Gasteiger partial charge in [0.15, 0.2) is 5.69 Å². The zero-order chi connectivity index (χ0) is 27.9. The Bertz CT molecular complexity index is 1630. The van der Waals surface area contributed by atoms with Crippen molar-refractivity contribution in [2.24, 2.45) is 11.5 Å². The van der Waals surface area contributed by atoms with Crippen LogP contribution in [0.2, 0.25) is 5.02 Å². The number of benzene rings is 2. The van der Waals surface area contributed by atoms with Crippen LogP contribution in [0.3, 0.4) is 0 Å². The topological polar surface area (TPSA) is 146 Å². The Hall–Kier alpha value is -4.52. The molecule has 3 amide bonds. The van der Waals surface area contributed by atoms with Crippen LogP contribution in [-0.2, 0) is 12.7 Å². The van der Waals surface area contributed by atoms with Crippen LogP contribution in [0.5, 0.6) is 0 Å². The molecule has 0 aliphatic heterocycles. The number of nitrogens with two attached hydrogens (primary N) is 2. The van der Waals surface area contributed by atoms with E-state index in [0.29, 0.717) is 5.56 Å². The molecule has 4 aromatic rings. The number of pyridine rings is 1. The lowest BCUT2D eigenvalue weighted by Crippen LogP contribution is -2.20. The third-order valence-corrected chi connectivity index (χ3v) is 5.90. The van der Waals surface area contributed by atoms with Gasteiger partial charge in [0.25, 0.3) is 5.91 Å². The summed E-state index contributed by atoms with van der Waals surface area (Å²) in [6, 6.07) is 8.87. The molecule has 0 bridgehead atoms. The molecule has 2 aromatic carbocycles. The van der Waals surface area contributed by atoms with Crippen LogP contribution in [0.15, 0.2) is 42.5 Å². The molecule has 0 fully saturated rings. The largest absolute Gasteiger partial charge is 0.437 e. The van der Waals surface area contributed by atoms with E-state index in [-0.39, 0.29) is 39.3 Å². The predicted molar refractivity (Wildman–Crippen MR) is 129 cm³/mol. The molecule has 0 saturated carbocycles. The minimum Gasteiger partial charge on any atom is -0.366 e. The Morgan fingerprint density at radius 3 is 2.42 bits per heavy atom. The highest BCUT2D eigenvalue weighted by Crippen LogP contribution is 2.36. The van der Waals surface area contributed by atoms with Gasteiger partial charge in [-0.05, 0) is 36.8 Å². The van der Waals surface area contributed by atoms with Crippen molar-refractivity contribution in [3.63, 3.8) is 0 Å². The van der Waals surface area contributed by atoms with Crippen molar-refractivity contribution in [2.45, 2.75) is 19.6 Å². The lowest BCUT2D eigenvalue weighted by Gasteiger charge is -2.11. The minimum absolute atomic E-state index is 0.0543. The minimum atomic E-state index is -4.96. The molecule has 0 saturated heterocycles. The number of carbonyl (C=O) groups is 3. The summed E-state index contributed by atoms with van der Waals surface area (Å²) in [5.41, 5.74) is 8.22. The van der Waals surface area contributed by atoms with E-state index in [0.717, 1.165) is 22.9 Å². The van der Waals surface area contributed by atoms with Gasteiger partial charge >= 0.3 is 6.18 Å². The van der Waals surface area contributed by atoms with Gasteiger partial charge in [-0.1, -0.05) is 23.7 Å². The third kappa shape index (κ3) is 5.13. The zero-order valence-electron chi connectivity index (χ0n) is 19.4. The molecule has 0 aliphatic carbocycles. The molecule has 38 heavy (non-hydrogen) atoms. The summed E-state index contributed by atoms with van der Waals surface area (Å²) in [7, 11) is 0. The Balaban J connectivity index is 1.75. The summed E-state index contributed by atoms with van der Waals surface area (Å²) in [5, 5.41) is 5.49. The highest BCUT2D eigenvalue weighted by Gasteiger charge is 2.39. The van der Waals surface area contributed by atoms with Crippen LogP contribution in [0.1, 0.15) is 48.2 Å². The molecular weight excluding hydrogens is 532 g/mol. The maximum Gasteiger partial charge on any atom is 0.437 e. The molecule has 2 aromatic heterocycles. The summed E-state index contributed by atoms with van der Waals surface area (Å²) in [4.78, 5) is 40.4. The Labute approximate surface area is 216 Å². The van der Waals surface area contributed by atoms with Gasteiger partial charge in [-0.3, -0.25) is 19.1 Å². The lowest BCUT2D eigenvalue weighted by molar-refractivity contribution is -0.140. The molecule has 0 aliphatic rings. The number of hydrogen-bond donors (Lipinski definition) is 3. The molecular formula is C24H17ClF4N6O3. The van der Waals surface area contributed by atoms with Gasteiger partial charge in [0.1, 0.15) is 11.5 Å². The SMILES string of the molecule is Cc1c(NC(=O)c2cc(C(N)=O)c3cc(Cl)c(F)cc3n2)c(C(F)(F)F)nn1Cc1cccc(C(N)=O)c1. The molecule has 0 atom stereocenters. The third-order valence-electron chi connectivity index (χ3n) is 5.61. The van der Waals surface area contributed by atoms with Crippen LogP contribution >= 0.6 is 11.6 Å². The molecule has 2 heterocycles. The van der Waals surface area contributed by atoms with Gasteiger partial charge in [-0.15, -0.1) is 0 Å². The van der Waals surface area contributed by atoms with Crippen LogP contribution in [0, 0.1) is 12.7 Å². The van der Waals surface area contributed by atoms with Gasteiger partial charge in [-0.25, -0.2) is 9.37 Å². The van der Waals surface area contributed by atoms with E-state index in [4.69, 9.17) is 23.1 Å². The number of nitrogens with one attached hydrogen (secondary N) is 1. The molecule has 4 rings (SSSR count). The monoisotopic (exact) mass is 548 g/mol. The summed E-state index contributed by atoms with van der Waals surface area (Å²) in [5.74, 6) is -3.73. The quantitative estimate of drug-likeness (QED) is 0.311. The van der Waals surface area contributed by atoms with Crippen LogP contribution in [0.25, 0.3) is 10.9 Å². The normalized spacial score (nSPS) is 11.5. The molecule has 0 spiro atoms. The van der Waals surface area contributed by atoms with E-state index in [1.54, 1.807) is 6.07 Å². The Morgan fingerprint density at radius 2 is 1.79 bits per heavy atom. The highest BCUT2D eigenvalue weighted by atomic mass is 35.5. The standard InChI is InChI=1S/C24H17ClF4N6O3/c1-10-19(20(24(27,28)29)34-35(10)9-11-3-2-4-12(5-11)21(30)36)33-23(38)18-7-14(22(31)37)13-6-15(25)16(26)8-17(13)32-18/h2-8H,9H2,1H3,(H2,30,36)(H2,31,37)(H,33,38). The van der Waals surface area contributed by atoms with Gasteiger partial charge in [-0.2, -0.15) is 18.3 Å². The molecule has 196 valence electrons. The number of nitrogens with zero attached hydrogens (tertiary/aromatic N) is 3. The fourth-order valence-corrected chi connectivity index (χ4v) is 3.93. The summed E-state index contributed by atoms with van der Waals surface area (Å²) in [6.07, 6.45) is -4.96. The van der Waals surface area contributed by atoms with Crippen molar-refractivity contribution in [2.75, 3.05) is 5.32 Å². The predicted octanol–water partition coefficient (Wildman–Crippen LogP) is 4.05. The number of hydrogen-bond acceptors (Lipinski definition) is 5. The fourth-order valence-electron chi connectivity index (χ4n) is 3.76. The number of halogens is 5. The Morgan fingerprint density at radius 1 is 1.08 bits per heavy atom. The number of carbonyl (C=O) groups excluding carboxylic acids is 3. The average molecular weight is 549 g/mol. The number of alkyl halides is 3. The number of rotatable bonds is 6. The van der Waals surface area contributed by atoms with Crippen LogP contribution in [0.4, 0.5) is 23.2 Å². The van der Waals surface area contributed by atoms with E-state index in [1.807, 2.05) is 0 Å². The highest BCUT2D eigenvalue weighted by molar-refractivity contribution is 6.31. The van der Waals surface area contributed by atoms with Crippen LogP contribution < -0.4 is 16.8 Å². The second-order valence-corrected chi connectivity index (χ2v) is 8.59. The van der Waals surface area contributed by atoms with Gasteiger partial charge in [0.05, 0.1) is 34.0 Å². The van der Waals surface area contributed by atoms with Crippen molar-refractivity contribution in [1.29, 1.82) is 0 Å². The van der Waals surface area contributed by atoms with Crippen molar-refractivity contribution in [3.8, 4) is 0 Å². The van der Waals surface area contributed by atoms with Crippen molar-refractivity contribution < 1.29 is 31.9 Å². The summed E-state index contributed by atoms with van der Waals surface area (Å²) < 4.78 is 56.5. The average Bonchev–Trinajstić information content (AvgIpc) is 3.14. The fraction of sp³-hybridized carbons (Fsp3) is 0.125. The summed E-state index contributed by atoms with van der Waals surface area (Å²) >= 11 is 5.76. The first kappa shape index (κ1) is 26.5. The number of fused-ring (bicyclic) bond motifs is 1. The molecule has 5 N–H and O–H groups in total. The van der Waals surface area contributed by atoms with Gasteiger partial charge in [0.2, 0.25) is 11.8 Å². The maximum atomic E-state index is 14.0. The lowest BCUT2D eigenvalue weighted by atomic mass is 10.1. The van der Waals surface area contributed by atoms with E-state index in [1.165, 1.54) is 25.1 Å². The molecule has 9 nitrogen and oxygen atoms in total. The first-order chi connectivity index (χ1) is 17.8. The van der Waals surface area contributed by atoms with E-state index in [9.17, 15) is 31.9 Å². The van der Waals surface area contributed by atoms with Crippen molar-refractivity contribution in [3.05, 3.63) is 87.1 Å².